The smallest absolute Gasteiger partial charge is 0.410 e. The number of nitrogens with one attached hydrogen (secondary N) is 1. The maximum absolute atomic E-state index is 12.6. The van der Waals surface area contributed by atoms with Gasteiger partial charge in [0, 0.05) is 45.6 Å². The minimum atomic E-state index is -1.16. The van der Waals surface area contributed by atoms with E-state index < -0.39 is 13.7 Å². The SMILES string of the molecule is CN(C(=O)OC(C)(C)C)C1CCC(Nc2ncnc3c2c(C2=CCOCC2)cn3COCC[Si](C)(C)C)CC1. The number of anilines is 1. The van der Waals surface area contributed by atoms with Crippen LogP contribution in [0, 0.1) is 0 Å². The number of fused-ring (bicyclic) bond motifs is 1. The molecule has 3 heterocycles. The molecule has 1 aliphatic carbocycles. The zero-order valence-electron chi connectivity index (χ0n) is 24.9. The molecule has 9 nitrogen and oxygen atoms in total. The Labute approximate surface area is 234 Å². The highest BCUT2D eigenvalue weighted by molar-refractivity contribution is 6.76. The van der Waals surface area contributed by atoms with Gasteiger partial charge in [-0.25, -0.2) is 14.8 Å². The predicted molar refractivity (Wildman–Crippen MR) is 159 cm³/mol. The molecule has 0 unspecified atom stereocenters. The lowest BCUT2D eigenvalue weighted by molar-refractivity contribution is 0.0185. The molecule has 0 spiro atoms. The number of nitrogens with zero attached hydrogens (tertiary/aromatic N) is 4. The lowest BCUT2D eigenvalue weighted by Gasteiger charge is -2.36. The van der Waals surface area contributed by atoms with Gasteiger partial charge in [-0.1, -0.05) is 25.7 Å². The summed E-state index contributed by atoms with van der Waals surface area (Å²) < 4.78 is 19.4. The van der Waals surface area contributed by atoms with Crippen molar-refractivity contribution >= 4 is 36.6 Å². The summed E-state index contributed by atoms with van der Waals surface area (Å²) in [6.07, 6.45) is 10.3. The number of hydrogen-bond acceptors (Lipinski definition) is 7. The molecule has 4 rings (SSSR count). The van der Waals surface area contributed by atoms with Gasteiger partial charge in [-0.05, 0) is 64.5 Å². The summed E-state index contributed by atoms with van der Waals surface area (Å²) in [5.41, 5.74) is 2.83. The van der Waals surface area contributed by atoms with E-state index in [4.69, 9.17) is 19.2 Å². The van der Waals surface area contributed by atoms with Gasteiger partial charge in [0.1, 0.15) is 30.1 Å². The third-order valence-corrected chi connectivity index (χ3v) is 9.16. The molecule has 0 aromatic carbocycles. The lowest BCUT2D eigenvalue weighted by Crippen LogP contribution is -2.43. The Morgan fingerprint density at radius 2 is 1.95 bits per heavy atom. The van der Waals surface area contributed by atoms with Crippen LogP contribution >= 0.6 is 0 Å². The van der Waals surface area contributed by atoms with E-state index in [1.165, 1.54) is 5.57 Å². The maximum Gasteiger partial charge on any atom is 0.410 e. The fourth-order valence-electron chi connectivity index (χ4n) is 5.17. The van der Waals surface area contributed by atoms with Gasteiger partial charge in [0.05, 0.1) is 18.6 Å². The highest BCUT2D eigenvalue weighted by atomic mass is 28.3. The average molecular weight is 558 g/mol. The monoisotopic (exact) mass is 557 g/mol. The zero-order valence-corrected chi connectivity index (χ0v) is 25.9. The van der Waals surface area contributed by atoms with Gasteiger partial charge >= 0.3 is 6.09 Å². The van der Waals surface area contributed by atoms with Crippen LogP contribution in [-0.2, 0) is 20.9 Å². The topological polar surface area (TPSA) is 90.7 Å². The summed E-state index contributed by atoms with van der Waals surface area (Å²) in [6, 6.07) is 1.59. The zero-order chi connectivity index (χ0) is 28.2. The van der Waals surface area contributed by atoms with Crippen LogP contribution in [0.15, 0.2) is 18.6 Å². The summed E-state index contributed by atoms with van der Waals surface area (Å²) in [6.45, 7) is 15.4. The van der Waals surface area contributed by atoms with Gasteiger partial charge in [-0.2, -0.15) is 0 Å². The molecule has 1 amide bonds. The van der Waals surface area contributed by atoms with Crippen LogP contribution in [0.2, 0.25) is 25.7 Å². The van der Waals surface area contributed by atoms with E-state index in [9.17, 15) is 4.79 Å². The molecule has 1 fully saturated rings. The molecule has 2 aromatic heterocycles. The molecule has 0 bridgehead atoms. The van der Waals surface area contributed by atoms with Crippen molar-refractivity contribution < 1.29 is 19.0 Å². The molecule has 2 aromatic rings. The first-order chi connectivity index (χ1) is 18.4. The summed E-state index contributed by atoms with van der Waals surface area (Å²) >= 11 is 0. The highest BCUT2D eigenvalue weighted by Gasteiger charge is 2.30. The molecule has 1 saturated carbocycles. The van der Waals surface area contributed by atoms with Crippen molar-refractivity contribution in [3.05, 3.63) is 24.2 Å². The van der Waals surface area contributed by atoms with Gasteiger partial charge in [0.2, 0.25) is 0 Å². The van der Waals surface area contributed by atoms with Crippen LogP contribution in [0.4, 0.5) is 10.6 Å². The molecule has 216 valence electrons. The van der Waals surface area contributed by atoms with Crippen LogP contribution < -0.4 is 5.32 Å². The Morgan fingerprint density at radius 3 is 2.59 bits per heavy atom. The van der Waals surface area contributed by atoms with Crippen LogP contribution in [-0.4, -0.2) is 78.2 Å². The van der Waals surface area contributed by atoms with E-state index in [0.29, 0.717) is 13.3 Å². The van der Waals surface area contributed by atoms with Gasteiger partial charge < -0.3 is 29.0 Å². The van der Waals surface area contributed by atoms with Gasteiger partial charge in [-0.3, -0.25) is 0 Å². The van der Waals surface area contributed by atoms with E-state index in [1.807, 2.05) is 27.8 Å². The first-order valence-corrected chi connectivity index (χ1v) is 18.0. The highest BCUT2D eigenvalue weighted by Crippen LogP contribution is 2.35. The molecule has 0 saturated heterocycles. The predicted octanol–water partition coefficient (Wildman–Crippen LogP) is 6.14. The Kier molecular flexibility index (Phi) is 9.39. The largest absolute Gasteiger partial charge is 0.444 e. The second-order valence-corrected chi connectivity index (χ2v) is 18.7. The van der Waals surface area contributed by atoms with E-state index in [0.717, 1.165) is 73.8 Å². The molecule has 0 atom stereocenters. The summed E-state index contributed by atoms with van der Waals surface area (Å²) in [4.78, 5) is 23.7. The molecule has 10 heteroatoms. The van der Waals surface area contributed by atoms with Gasteiger partial charge in [0.25, 0.3) is 0 Å². The molecular formula is C29H47N5O4Si. The fraction of sp³-hybridized carbons (Fsp3) is 0.690. The Hall–Kier alpha value is -2.43. The van der Waals surface area contributed by atoms with Crippen LogP contribution in [0.5, 0.6) is 0 Å². The Bertz CT molecular complexity index is 1160. The minimum absolute atomic E-state index is 0.181. The van der Waals surface area contributed by atoms with Gasteiger partial charge in [-0.15, -0.1) is 0 Å². The Balaban J connectivity index is 1.49. The Morgan fingerprint density at radius 1 is 1.21 bits per heavy atom. The van der Waals surface area contributed by atoms with Crippen LogP contribution in [0.3, 0.4) is 0 Å². The number of rotatable bonds is 9. The third kappa shape index (κ3) is 8.05. The lowest BCUT2D eigenvalue weighted by atomic mass is 9.90. The number of aromatic nitrogens is 3. The van der Waals surface area contributed by atoms with Crippen molar-refractivity contribution in [1.29, 1.82) is 0 Å². The van der Waals surface area contributed by atoms with E-state index in [2.05, 4.69) is 46.8 Å². The van der Waals surface area contributed by atoms with Gasteiger partial charge in [0.15, 0.2) is 0 Å². The number of amides is 1. The van der Waals surface area contributed by atoms with Crippen molar-refractivity contribution in [3.63, 3.8) is 0 Å². The van der Waals surface area contributed by atoms with E-state index in [1.54, 1.807) is 11.2 Å². The van der Waals surface area contributed by atoms with E-state index >= 15 is 0 Å². The van der Waals surface area contributed by atoms with Crippen molar-refractivity contribution in [2.45, 2.75) is 103 Å². The normalized spacial score (nSPS) is 20.5. The molecule has 1 N–H and O–H groups in total. The first-order valence-electron chi connectivity index (χ1n) is 14.3. The summed E-state index contributed by atoms with van der Waals surface area (Å²) in [5.74, 6) is 0.868. The molecular weight excluding hydrogens is 510 g/mol. The van der Waals surface area contributed by atoms with Crippen LogP contribution in [0.25, 0.3) is 16.6 Å². The molecule has 2 aliphatic rings. The first kappa shape index (κ1) is 29.5. The quantitative estimate of drug-likeness (QED) is 0.293. The molecule has 0 radical (unpaired) electrons. The number of carbonyl (C=O) groups is 1. The number of hydrogen-bond donors (Lipinski definition) is 1. The van der Waals surface area contributed by atoms with E-state index in [-0.39, 0.29) is 18.2 Å². The average Bonchev–Trinajstić information content (AvgIpc) is 3.25. The fourth-order valence-corrected chi connectivity index (χ4v) is 5.93. The molecule has 1 aliphatic heterocycles. The van der Waals surface area contributed by atoms with Crippen molar-refractivity contribution in [3.8, 4) is 0 Å². The third-order valence-electron chi connectivity index (χ3n) is 7.46. The number of ether oxygens (including phenoxy) is 3. The van der Waals surface area contributed by atoms with Crippen LogP contribution in [0.1, 0.15) is 58.4 Å². The van der Waals surface area contributed by atoms with Crippen molar-refractivity contribution in [2.75, 3.05) is 32.2 Å². The second kappa shape index (κ2) is 12.4. The second-order valence-electron chi connectivity index (χ2n) is 13.1. The van der Waals surface area contributed by atoms with Crippen molar-refractivity contribution in [2.24, 2.45) is 0 Å². The standard InChI is InChI=1S/C29H47N5O4Si/c1-29(2,3)38-28(35)33(4)23-10-8-22(9-11-23)32-26-25-24(21-12-14-36-15-13-21)18-34(27(25)31-19-30-26)20-37-16-17-39(5,6)7/h12,18-19,22-23H,8-11,13-17,20H2,1-7H3,(H,30,31,32). The summed E-state index contributed by atoms with van der Waals surface area (Å²) in [7, 11) is 0.694. The summed E-state index contributed by atoms with van der Waals surface area (Å²) in [5, 5.41) is 4.79. The minimum Gasteiger partial charge on any atom is -0.444 e. The maximum atomic E-state index is 12.6. The number of carbonyl (C=O) groups excluding carboxylic acids is 1. The van der Waals surface area contributed by atoms with Crippen molar-refractivity contribution in [1.82, 2.24) is 19.4 Å². The molecule has 39 heavy (non-hydrogen) atoms.